The summed E-state index contributed by atoms with van der Waals surface area (Å²) in [6, 6.07) is 0. The Balaban J connectivity index is 2.45. The van der Waals surface area contributed by atoms with Crippen LogP contribution in [-0.4, -0.2) is 22.2 Å². The molecule has 2 saturated carbocycles. The Morgan fingerprint density at radius 2 is 1.27 bits per heavy atom. The lowest BCUT2D eigenvalue weighted by atomic mass is 9.71. The lowest BCUT2D eigenvalue weighted by molar-refractivity contribution is -0.171. The fourth-order valence-corrected chi connectivity index (χ4v) is 3.51. The maximum atomic E-state index is 11.4. The summed E-state index contributed by atoms with van der Waals surface area (Å²) in [6.45, 7) is 0. The van der Waals surface area contributed by atoms with Gasteiger partial charge in [0.25, 0.3) is 0 Å². The first-order valence-electron chi connectivity index (χ1n) is 5.57. The minimum Gasteiger partial charge on any atom is -0.480 e. The molecule has 2 aliphatic rings. The third-order valence-corrected chi connectivity index (χ3v) is 4.21. The van der Waals surface area contributed by atoms with Crippen LogP contribution in [0.3, 0.4) is 0 Å². The second kappa shape index (κ2) is 3.51. The Morgan fingerprint density at radius 3 is 1.60 bits per heavy atom. The highest BCUT2D eigenvalue weighted by molar-refractivity contribution is 5.99. The minimum atomic E-state index is -1.48. The van der Waals surface area contributed by atoms with Crippen molar-refractivity contribution in [2.75, 3.05) is 0 Å². The summed E-state index contributed by atoms with van der Waals surface area (Å²) < 4.78 is 0. The molecule has 2 atom stereocenters. The number of hydrogen-bond donors (Lipinski definition) is 2. The second-order valence-electron chi connectivity index (χ2n) is 4.73. The summed E-state index contributed by atoms with van der Waals surface area (Å²) in [6.07, 6.45) is 5.00. The van der Waals surface area contributed by atoms with E-state index in [1.807, 2.05) is 0 Å². The first-order valence-corrected chi connectivity index (χ1v) is 5.57. The highest BCUT2D eigenvalue weighted by Crippen LogP contribution is 2.54. The molecule has 0 spiro atoms. The number of carboxylic acids is 2. The van der Waals surface area contributed by atoms with Gasteiger partial charge in [0, 0.05) is 0 Å². The molecule has 4 nitrogen and oxygen atoms in total. The molecule has 15 heavy (non-hydrogen) atoms. The van der Waals surface area contributed by atoms with E-state index in [4.69, 9.17) is 0 Å². The van der Waals surface area contributed by atoms with Gasteiger partial charge in [-0.2, -0.15) is 0 Å². The molecule has 0 aromatic heterocycles. The molecule has 84 valence electrons. The molecule has 0 radical (unpaired) electrons. The average molecular weight is 212 g/mol. The smallest absolute Gasteiger partial charge is 0.321 e. The average Bonchev–Trinajstić information content (AvgIpc) is 2.35. The van der Waals surface area contributed by atoms with Crippen LogP contribution in [0, 0.1) is 17.3 Å². The fraction of sp³-hybridized carbons (Fsp3) is 0.818. The predicted molar refractivity (Wildman–Crippen MR) is 52.4 cm³/mol. The molecule has 0 amide bonds. The molecular weight excluding hydrogens is 196 g/mol. The Kier molecular flexibility index (Phi) is 2.44. The molecule has 2 N–H and O–H groups in total. The summed E-state index contributed by atoms with van der Waals surface area (Å²) in [5, 5.41) is 18.6. The molecule has 0 aromatic rings. The number of hydrogen-bond acceptors (Lipinski definition) is 2. The highest BCUT2D eigenvalue weighted by atomic mass is 16.4. The summed E-state index contributed by atoms with van der Waals surface area (Å²) in [5.41, 5.74) is -1.48. The molecular formula is C11H16O4. The summed E-state index contributed by atoms with van der Waals surface area (Å²) in [7, 11) is 0. The third kappa shape index (κ3) is 1.27. The second-order valence-corrected chi connectivity index (χ2v) is 4.73. The van der Waals surface area contributed by atoms with Crippen LogP contribution in [0.1, 0.15) is 38.5 Å². The zero-order valence-electron chi connectivity index (χ0n) is 8.61. The van der Waals surface area contributed by atoms with E-state index >= 15 is 0 Å². The van der Waals surface area contributed by atoms with Crippen LogP contribution in [-0.2, 0) is 9.59 Å². The predicted octanol–water partition coefficient (Wildman–Crippen LogP) is 1.74. The molecule has 2 aliphatic carbocycles. The number of fused-ring (bicyclic) bond motifs is 2. The van der Waals surface area contributed by atoms with Crippen LogP contribution in [0.15, 0.2) is 0 Å². The topological polar surface area (TPSA) is 74.6 Å². The van der Waals surface area contributed by atoms with Gasteiger partial charge in [-0.3, -0.25) is 9.59 Å². The number of carbonyl (C=O) groups is 2. The molecule has 2 bridgehead atoms. The van der Waals surface area contributed by atoms with Gasteiger partial charge in [-0.1, -0.05) is 12.8 Å². The molecule has 0 aliphatic heterocycles. The third-order valence-electron chi connectivity index (χ3n) is 4.21. The Labute approximate surface area is 88.3 Å². The number of aliphatic carboxylic acids is 2. The van der Waals surface area contributed by atoms with E-state index in [0.717, 1.165) is 38.5 Å². The van der Waals surface area contributed by atoms with Gasteiger partial charge in [-0.25, -0.2) is 0 Å². The van der Waals surface area contributed by atoms with E-state index in [9.17, 15) is 19.8 Å². The van der Waals surface area contributed by atoms with Crippen LogP contribution in [0.4, 0.5) is 0 Å². The van der Waals surface area contributed by atoms with E-state index in [2.05, 4.69) is 0 Å². The van der Waals surface area contributed by atoms with Gasteiger partial charge in [0.15, 0.2) is 5.41 Å². The minimum absolute atomic E-state index is 0.153. The number of carboxylic acid groups (broad SMARTS) is 2. The number of rotatable bonds is 2. The van der Waals surface area contributed by atoms with Gasteiger partial charge in [0.05, 0.1) is 0 Å². The van der Waals surface area contributed by atoms with E-state index in [1.54, 1.807) is 0 Å². The van der Waals surface area contributed by atoms with Crippen LogP contribution in [0.25, 0.3) is 0 Å². The van der Waals surface area contributed by atoms with Crippen molar-refractivity contribution in [2.45, 2.75) is 38.5 Å². The first-order chi connectivity index (χ1) is 7.10. The van der Waals surface area contributed by atoms with Gasteiger partial charge in [-0.15, -0.1) is 0 Å². The van der Waals surface area contributed by atoms with Crippen LogP contribution >= 0.6 is 0 Å². The van der Waals surface area contributed by atoms with Crippen molar-refractivity contribution in [1.29, 1.82) is 0 Å². The van der Waals surface area contributed by atoms with Gasteiger partial charge in [-0.05, 0) is 37.5 Å². The molecule has 0 aromatic carbocycles. The van der Waals surface area contributed by atoms with Crippen LogP contribution in [0.5, 0.6) is 0 Å². The normalized spacial score (nSPS) is 33.3. The Morgan fingerprint density at radius 1 is 0.867 bits per heavy atom. The molecule has 0 heterocycles. The zero-order chi connectivity index (χ0) is 11.1. The standard InChI is InChI=1S/C11H16O4/c12-9(13)11(10(14)15)7-3-1-2-4-8(11)6-5-7/h7-8H,1-6H2,(H,12,13)(H,14,15). The molecule has 4 heteroatoms. The lowest BCUT2D eigenvalue weighted by Crippen LogP contribution is -2.46. The quantitative estimate of drug-likeness (QED) is 0.684. The SMILES string of the molecule is O=C(O)C1(C(=O)O)C2CCCCC1CC2. The van der Waals surface area contributed by atoms with Crippen LogP contribution < -0.4 is 0 Å². The van der Waals surface area contributed by atoms with E-state index in [-0.39, 0.29) is 11.8 Å². The van der Waals surface area contributed by atoms with Crippen molar-refractivity contribution < 1.29 is 19.8 Å². The highest BCUT2D eigenvalue weighted by Gasteiger charge is 2.61. The summed E-state index contributed by atoms with van der Waals surface area (Å²) >= 11 is 0. The molecule has 2 fully saturated rings. The Bertz CT molecular complexity index is 267. The summed E-state index contributed by atoms with van der Waals surface area (Å²) in [4.78, 5) is 22.7. The molecule has 2 unspecified atom stereocenters. The van der Waals surface area contributed by atoms with E-state index in [1.165, 1.54) is 0 Å². The van der Waals surface area contributed by atoms with Crippen molar-refractivity contribution in [2.24, 2.45) is 17.3 Å². The summed E-state index contributed by atoms with van der Waals surface area (Å²) in [5.74, 6) is -2.55. The molecule has 0 saturated heterocycles. The van der Waals surface area contributed by atoms with Crippen molar-refractivity contribution in [3.05, 3.63) is 0 Å². The fourth-order valence-electron chi connectivity index (χ4n) is 3.51. The Hall–Kier alpha value is -1.06. The largest absolute Gasteiger partial charge is 0.480 e. The maximum Gasteiger partial charge on any atom is 0.321 e. The van der Waals surface area contributed by atoms with Crippen molar-refractivity contribution in [3.8, 4) is 0 Å². The van der Waals surface area contributed by atoms with Gasteiger partial charge < -0.3 is 10.2 Å². The van der Waals surface area contributed by atoms with E-state index < -0.39 is 17.4 Å². The van der Waals surface area contributed by atoms with Gasteiger partial charge in [0.2, 0.25) is 0 Å². The van der Waals surface area contributed by atoms with E-state index in [0.29, 0.717) is 0 Å². The first kappa shape index (κ1) is 10.5. The van der Waals surface area contributed by atoms with Gasteiger partial charge >= 0.3 is 11.9 Å². The van der Waals surface area contributed by atoms with Crippen LogP contribution in [0.2, 0.25) is 0 Å². The maximum absolute atomic E-state index is 11.4. The zero-order valence-corrected chi connectivity index (χ0v) is 8.61. The van der Waals surface area contributed by atoms with Gasteiger partial charge in [0.1, 0.15) is 0 Å². The van der Waals surface area contributed by atoms with Crippen molar-refractivity contribution in [1.82, 2.24) is 0 Å². The van der Waals surface area contributed by atoms with Crippen molar-refractivity contribution in [3.63, 3.8) is 0 Å². The monoisotopic (exact) mass is 212 g/mol. The molecule has 2 rings (SSSR count). The van der Waals surface area contributed by atoms with Crippen molar-refractivity contribution >= 4 is 11.9 Å². The lowest BCUT2D eigenvalue weighted by Gasteiger charge is -2.30.